The Kier molecular flexibility index (Phi) is 3.71. The summed E-state index contributed by atoms with van der Waals surface area (Å²) in [6, 6.07) is 7.16. The number of ether oxygens (including phenoxy) is 4. The zero-order valence-electron chi connectivity index (χ0n) is 15.6. The zero-order valence-corrected chi connectivity index (χ0v) is 15.6. The van der Waals surface area contributed by atoms with Crippen LogP contribution in [0.1, 0.15) is 34.2 Å². The third kappa shape index (κ3) is 2.29. The summed E-state index contributed by atoms with van der Waals surface area (Å²) in [4.78, 5) is 12.7. The number of carbonyl (C=O) groups excluding carboxylic acids is 1. The van der Waals surface area contributed by atoms with Gasteiger partial charge in [-0.3, -0.25) is 4.79 Å². The molecule has 0 unspecified atom stereocenters. The lowest BCUT2D eigenvalue weighted by atomic mass is 9.65. The van der Waals surface area contributed by atoms with Gasteiger partial charge in [-0.05, 0) is 47.4 Å². The van der Waals surface area contributed by atoms with Gasteiger partial charge in [0, 0.05) is 17.9 Å². The molecule has 146 valence electrons. The van der Waals surface area contributed by atoms with Crippen molar-refractivity contribution in [3.05, 3.63) is 46.5 Å². The molecule has 2 aromatic carbocycles. The van der Waals surface area contributed by atoms with Crippen molar-refractivity contribution in [1.82, 2.24) is 0 Å². The highest BCUT2D eigenvalue weighted by atomic mass is 16.7. The lowest BCUT2D eigenvalue weighted by molar-refractivity contribution is -0.141. The van der Waals surface area contributed by atoms with Gasteiger partial charge in [0.15, 0.2) is 23.0 Å². The van der Waals surface area contributed by atoms with Crippen LogP contribution >= 0.6 is 0 Å². The first-order valence-electron chi connectivity index (χ1n) is 9.22. The van der Waals surface area contributed by atoms with E-state index in [9.17, 15) is 9.90 Å². The van der Waals surface area contributed by atoms with Gasteiger partial charge >= 0.3 is 5.97 Å². The van der Waals surface area contributed by atoms with Gasteiger partial charge in [-0.15, -0.1) is 0 Å². The van der Waals surface area contributed by atoms with E-state index in [1.807, 2.05) is 18.2 Å². The number of hydrogen-bond donors (Lipinski definition) is 2. The maximum atomic E-state index is 12.7. The van der Waals surface area contributed by atoms with Crippen molar-refractivity contribution >= 4 is 5.97 Å². The van der Waals surface area contributed by atoms with Crippen molar-refractivity contribution < 1.29 is 28.8 Å². The third-order valence-electron chi connectivity index (χ3n) is 6.11. The van der Waals surface area contributed by atoms with E-state index in [0.29, 0.717) is 29.4 Å². The van der Waals surface area contributed by atoms with Gasteiger partial charge in [0.05, 0.1) is 19.6 Å². The van der Waals surface area contributed by atoms with Crippen LogP contribution in [0.3, 0.4) is 0 Å². The Bertz CT molecular complexity index is 987. The molecule has 2 aromatic rings. The fourth-order valence-corrected chi connectivity index (χ4v) is 4.72. The molecule has 0 amide bonds. The number of esters is 1. The number of phenolic OH excluding ortho intramolecular Hbond substituents is 1. The molecule has 4 atom stereocenters. The lowest BCUT2D eigenvalue weighted by Crippen LogP contribution is -2.38. The Balaban J connectivity index is 1.75. The lowest BCUT2D eigenvalue weighted by Gasteiger charge is -2.37. The second-order valence-corrected chi connectivity index (χ2v) is 7.55. The fraction of sp³-hybridized carbons (Fsp3) is 0.381. The summed E-state index contributed by atoms with van der Waals surface area (Å²) in [5.74, 6) is 0.697. The summed E-state index contributed by atoms with van der Waals surface area (Å²) in [6.45, 7) is 2.27. The molecule has 2 heterocycles. The van der Waals surface area contributed by atoms with Crippen molar-refractivity contribution in [2.24, 2.45) is 17.6 Å². The van der Waals surface area contributed by atoms with Crippen LogP contribution in [0.4, 0.5) is 0 Å². The predicted octanol–water partition coefficient (Wildman–Crippen LogP) is 2.37. The van der Waals surface area contributed by atoms with Crippen molar-refractivity contribution in [2.75, 3.05) is 20.5 Å². The highest BCUT2D eigenvalue weighted by Crippen LogP contribution is 2.54. The number of nitrogens with two attached hydrogens (primary N) is 1. The third-order valence-corrected chi connectivity index (χ3v) is 6.11. The van der Waals surface area contributed by atoms with Crippen molar-refractivity contribution in [3.8, 4) is 23.0 Å². The van der Waals surface area contributed by atoms with Gasteiger partial charge < -0.3 is 29.8 Å². The summed E-state index contributed by atoms with van der Waals surface area (Å²) < 4.78 is 21.8. The Morgan fingerprint density at radius 2 is 1.82 bits per heavy atom. The molecule has 2 aliphatic heterocycles. The summed E-state index contributed by atoms with van der Waals surface area (Å²) in [5, 5.41) is 10.3. The van der Waals surface area contributed by atoms with Gasteiger partial charge in [0.1, 0.15) is 0 Å². The Morgan fingerprint density at radius 1 is 1.11 bits per heavy atom. The molecule has 1 saturated heterocycles. The second kappa shape index (κ2) is 6.04. The van der Waals surface area contributed by atoms with Crippen molar-refractivity contribution in [2.45, 2.75) is 18.9 Å². The number of hydrogen-bond acceptors (Lipinski definition) is 7. The number of fused-ring (bicyclic) bond motifs is 3. The molecule has 1 aliphatic carbocycles. The second-order valence-electron chi connectivity index (χ2n) is 7.55. The molecular formula is C21H21NO6. The average molecular weight is 383 g/mol. The molecule has 3 aliphatic rings. The topological polar surface area (TPSA) is 100 Å². The fourth-order valence-electron chi connectivity index (χ4n) is 4.72. The van der Waals surface area contributed by atoms with E-state index in [1.54, 1.807) is 13.0 Å². The van der Waals surface area contributed by atoms with Crippen LogP contribution in [0.15, 0.2) is 24.3 Å². The van der Waals surface area contributed by atoms with E-state index in [2.05, 4.69) is 0 Å². The summed E-state index contributed by atoms with van der Waals surface area (Å²) in [5.41, 5.74) is 9.94. The van der Waals surface area contributed by atoms with Crippen LogP contribution in [0, 0.1) is 18.8 Å². The number of aryl methyl sites for hydroxylation is 1. The van der Waals surface area contributed by atoms with Crippen molar-refractivity contribution in [3.63, 3.8) is 0 Å². The first kappa shape index (κ1) is 17.2. The van der Waals surface area contributed by atoms with Crippen LogP contribution < -0.4 is 19.9 Å². The number of methoxy groups -OCH3 is 1. The first-order valence-corrected chi connectivity index (χ1v) is 9.22. The number of rotatable bonds is 2. The molecule has 0 saturated carbocycles. The Morgan fingerprint density at radius 3 is 2.54 bits per heavy atom. The quantitative estimate of drug-likeness (QED) is 0.768. The number of carbonyl (C=O) groups is 1. The number of cyclic esters (lactones) is 1. The van der Waals surface area contributed by atoms with Crippen LogP contribution in [-0.4, -0.2) is 31.6 Å². The molecule has 3 N–H and O–H groups in total. The van der Waals surface area contributed by atoms with E-state index >= 15 is 0 Å². The van der Waals surface area contributed by atoms with Gasteiger partial charge in [-0.2, -0.15) is 0 Å². The Labute approximate surface area is 162 Å². The predicted molar refractivity (Wildman–Crippen MR) is 98.7 cm³/mol. The van der Waals surface area contributed by atoms with E-state index in [1.165, 1.54) is 7.11 Å². The first-order chi connectivity index (χ1) is 13.5. The van der Waals surface area contributed by atoms with Crippen molar-refractivity contribution in [1.29, 1.82) is 0 Å². The maximum Gasteiger partial charge on any atom is 0.310 e. The summed E-state index contributed by atoms with van der Waals surface area (Å²) in [7, 11) is 1.51. The van der Waals surface area contributed by atoms with E-state index in [4.69, 9.17) is 24.7 Å². The monoisotopic (exact) mass is 383 g/mol. The molecule has 0 aromatic heterocycles. The van der Waals surface area contributed by atoms with Crippen LogP contribution in [0.25, 0.3) is 0 Å². The van der Waals surface area contributed by atoms with E-state index in [0.717, 1.165) is 16.7 Å². The van der Waals surface area contributed by atoms with Gasteiger partial charge in [-0.1, -0.05) is 6.07 Å². The molecule has 28 heavy (non-hydrogen) atoms. The van der Waals surface area contributed by atoms with Crippen LogP contribution in [0.2, 0.25) is 0 Å². The molecule has 7 heteroatoms. The standard InChI is InChI=1S/C21H21NO6/c1-9-3-10(4-16(25-2)20(9)23)17-11-5-14-15(28-8-27-14)6-12(11)19(22)13-7-26-21(24)18(13)17/h3-6,13,17-19,23H,7-8,22H2,1-2H3/t13-,17+,18-,19+/m0/s1. The molecule has 1 fully saturated rings. The highest BCUT2D eigenvalue weighted by molar-refractivity contribution is 5.79. The SMILES string of the molecule is COc1cc([C@@H]2c3cc4c(cc3[C@@H](N)[C@H]3COC(=O)[C@H]23)OCO4)cc(C)c1O. The average Bonchev–Trinajstić information content (AvgIpc) is 3.30. The van der Waals surface area contributed by atoms with E-state index in [-0.39, 0.29) is 36.4 Å². The molecular weight excluding hydrogens is 362 g/mol. The molecule has 0 spiro atoms. The molecule has 7 nitrogen and oxygen atoms in total. The van der Waals surface area contributed by atoms with E-state index < -0.39 is 5.92 Å². The maximum absolute atomic E-state index is 12.7. The highest BCUT2D eigenvalue weighted by Gasteiger charge is 2.51. The molecule has 0 bridgehead atoms. The largest absolute Gasteiger partial charge is 0.504 e. The zero-order chi connectivity index (χ0) is 19.6. The van der Waals surface area contributed by atoms with Gasteiger partial charge in [-0.25, -0.2) is 0 Å². The number of phenols is 1. The summed E-state index contributed by atoms with van der Waals surface area (Å²) >= 11 is 0. The normalized spacial score (nSPS) is 27.2. The summed E-state index contributed by atoms with van der Waals surface area (Å²) in [6.07, 6.45) is 0. The van der Waals surface area contributed by atoms with Gasteiger partial charge in [0.2, 0.25) is 6.79 Å². The minimum atomic E-state index is -0.406. The number of aromatic hydroxyl groups is 1. The molecule has 0 radical (unpaired) electrons. The minimum absolute atomic E-state index is 0.0928. The Hall–Kier alpha value is -2.93. The minimum Gasteiger partial charge on any atom is -0.504 e. The van der Waals surface area contributed by atoms with Gasteiger partial charge in [0.25, 0.3) is 0 Å². The smallest absolute Gasteiger partial charge is 0.310 e. The number of benzene rings is 2. The van der Waals surface area contributed by atoms with Crippen LogP contribution in [0.5, 0.6) is 23.0 Å². The molecule has 5 rings (SSSR count). The van der Waals surface area contributed by atoms with Crippen LogP contribution in [-0.2, 0) is 9.53 Å².